The summed E-state index contributed by atoms with van der Waals surface area (Å²) in [4.78, 5) is 0. The van der Waals surface area contributed by atoms with Crippen LogP contribution in [0, 0.1) is 11.8 Å². The molecule has 4 aliphatic rings. The van der Waals surface area contributed by atoms with Crippen molar-refractivity contribution in [1.29, 1.82) is 0 Å². The Morgan fingerprint density at radius 3 is 1.93 bits per heavy atom. The monoisotopic (exact) mass is 412 g/mol. The number of fused-ring (bicyclic) bond motifs is 1. The van der Waals surface area contributed by atoms with E-state index in [1.165, 1.54) is 129 Å². The smallest absolute Gasteiger partial charge is 0.0338 e. The maximum absolute atomic E-state index is 4.13. The van der Waals surface area contributed by atoms with Gasteiger partial charge in [-0.25, -0.2) is 0 Å². The number of hydrogen-bond acceptors (Lipinski definition) is 2. The minimum Gasteiger partial charge on any atom is -0.385 e. The average molecular weight is 413 g/mol. The molecule has 0 spiro atoms. The van der Waals surface area contributed by atoms with Gasteiger partial charge in [-0.15, -0.1) is 0 Å². The van der Waals surface area contributed by atoms with Crippen molar-refractivity contribution in [3.8, 4) is 0 Å². The van der Waals surface area contributed by atoms with Gasteiger partial charge in [-0.2, -0.15) is 0 Å². The molecule has 3 aliphatic carbocycles. The van der Waals surface area contributed by atoms with Crippen LogP contribution in [0.4, 0.5) is 0 Å². The van der Waals surface area contributed by atoms with Crippen LogP contribution >= 0.6 is 0 Å². The molecule has 0 aromatic heterocycles. The lowest BCUT2D eigenvalue weighted by Crippen LogP contribution is -2.44. The van der Waals surface area contributed by atoms with Crippen molar-refractivity contribution in [2.24, 2.45) is 11.8 Å². The number of nitrogens with one attached hydrogen (secondary N) is 2. The predicted molar refractivity (Wildman–Crippen MR) is 130 cm³/mol. The normalized spacial score (nSPS) is 31.3. The molecule has 170 valence electrons. The van der Waals surface area contributed by atoms with Crippen LogP contribution in [-0.4, -0.2) is 18.6 Å². The SMILES string of the molecule is C1=C(C2CCCCCCCC2)C=C(NC2CCCCC2)C2CCCCCCCNC12. The van der Waals surface area contributed by atoms with E-state index in [0.29, 0.717) is 12.0 Å². The van der Waals surface area contributed by atoms with E-state index in [0.717, 1.165) is 12.0 Å². The van der Waals surface area contributed by atoms with Crippen molar-refractivity contribution in [3.05, 3.63) is 23.4 Å². The van der Waals surface area contributed by atoms with E-state index >= 15 is 0 Å². The topological polar surface area (TPSA) is 24.1 Å². The molecule has 0 aromatic rings. The standard InChI is InChI=1S/C28H48N2/c1-2-5-10-16-23(15-9-4-1)24-21-27-26(19-13-6-3-7-14-20-29-27)28(22-24)30-25-17-11-8-12-18-25/h21-23,25-27,29-30H,1-20H2. The maximum atomic E-state index is 4.13. The van der Waals surface area contributed by atoms with Crippen LogP contribution < -0.4 is 10.6 Å². The lowest BCUT2D eigenvalue weighted by Gasteiger charge is -2.37. The van der Waals surface area contributed by atoms with Gasteiger partial charge in [0.1, 0.15) is 0 Å². The van der Waals surface area contributed by atoms with E-state index in [4.69, 9.17) is 0 Å². The zero-order chi connectivity index (χ0) is 20.4. The second-order valence-electron chi connectivity index (χ2n) is 10.8. The summed E-state index contributed by atoms with van der Waals surface area (Å²) in [5.74, 6) is 1.47. The summed E-state index contributed by atoms with van der Waals surface area (Å²) in [6.45, 7) is 1.20. The molecule has 3 fully saturated rings. The first-order valence-electron chi connectivity index (χ1n) is 13.8. The molecule has 30 heavy (non-hydrogen) atoms. The first-order valence-corrected chi connectivity index (χ1v) is 13.8. The van der Waals surface area contributed by atoms with Gasteiger partial charge in [-0.1, -0.05) is 89.5 Å². The highest BCUT2D eigenvalue weighted by molar-refractivity contribution is 5.35. The van der Waals surface area contributed by atoms with E-state index < -0.39 is 0 Å². The van der Waals surface area contributed by atoms with Gasteiger partial charge in [-0.3, -0.25) is 0 Å². The summed E-state index contributed by atoms with van der Waals surface area (Å²) >= 11 is 0. The molecular formula is C28H48N2. The fourth-order valence-electron chi connectivity index (χ4n) is 6.53. The summed E-state index contributed by atoms with van der Waals surface area (Å²) in [5, 5.41) is 8.14. The van der Waals surface area contributed by atoms with E-state index in [2.05, 4.69) is 22.8 Å². The van der Waals surface area contributed by atoms with E-state index in [-0.39, 0.29) is 0 Å². The predicted octanol–water partition coefficient (Wildman–Crippen LogP) is 7.41. The fourth-order valence-corrected chi connectivity index (χ4v) is 6.53. The largest absolute Gasteiger partial charge is 0.385 e. The zero-order valence-corrected chi connectivity index (χ0v) is 19.6. The zero-order valence-electron chi connectivity index (χ0n) is 19.6. The highest BCUT2D eigenvalue weighted by Gasteiger charge is 2.31. The maximum Gasteiger partial charge on any atom is 0.0338 e. The van der Waals surface area contributed by atoms with Gasteiger partial charge in [0, 0.05) is 23.7 Å². The van der Waals surface area contributed by atoms with Crippen molar-refractivity contribution < 1.29 is 0 Å². The molecule has 2 unspecified atom stereocenters. The summed E-state index contributed by atoms with van der Waals surface area (Å²) in [6, 6.07) is 1.28. The summed E-state index contributed by atoms with van der Waals surface area (Å²) in [7, 11) is 0. The molecule has 2 N–H and O–H groups in total. The van der Waals surface area contributed by atoms with Crippen molar-refractivity contribution in [2.75, 3.05) is 6.54 Å². The van der Waals surface area contributed by atoms with Crippen LogP contribution in [0.5, 0.6) is 0 Å². The number of hydrogen-bond donors (Lipinski definition) is 2. The lowest BCUT2D eigenvalue weighted by atomic mass is 9.78. The molecule has 2 saturated carbocycles. The number of rotatable bonds is 3. The van der Waals surface area contributed by atoms with Crippen LogP contribution in [-0.2, 0) is 0 Å². The molecular weight excluding hydrogens is 364 g/mol. The molecule has 0 radical (unpaired) electrons. The first-order chi connectivity index (χ1) is 14.9. The Morgan fingerprint density at radius 1 is 0.633 bits per heavy atom. The minimum atomic E-state index is 0.557. The van der Waals surface area contributed by atoms with Gasteiger partial charge in [-0.05, 0) is 62.6 Å². The molecule has 1 aliphatic heterocycles. The Bertz CT molecular complexity index is 547. The summed E-state index contributed by atoms with van der Waals surface area (Å²) < 4.78 is 0. The summed E-state index contributed by atoms with van der Waals surface area (Å²) in [5.41, 5.74) is 3.29. The van der Waals surface area contributed by atoms with Crippen molar-refractivity contribution in [2.45, 2.75) is 134 Å². The van der Waals surface area contributed by atoms with Gasteiger partial charge in [0.2, 0.25) is 0 Å². The van der Waals surface area contributed by atoms with E-state index in [1.54, 1.807) is 11.3 Å². The van der Waals surface area contributed by atoms with Crippen molar-refractivity contribution >= 4 is 0 Å². The summed E-state index contributed by atoms with van der Waals surface area (Å²) in [6.07, 6.45) is 32.3. The molecule has 4 rings (SSSR count). The highest BCUT2D eigenvalue weighted by atomic mass is 15.0. The second-order valence-corrected chi connectivity index (χ2v) is 10.8. The quantitative estimate of drug-likeness (QED) is 0.504. The first kappa shape index (κ1) is 22.4. The molecule has 0 bridgehead atoms. The fraction of sp³-hybridized carbons (Fsp3) is 0.857. The Kier molecular flexibility index (Phi) is 9.21. The molecule has 1 heterocycles. The van der Waals surface area contributed by atoms with Gasteiger partial charge < -0.3 is 10.6 Å². The Hall–Kier alpha value is -0.760. The van der Waals surface area contributed by atoms with Crippen molar-refractivity contribution in [3.63, 3.8) is 0 Å². The molecule has 0 aromatic carbocycles. The van der Waals surface area contributed by atoms with Gasteiger partial charge >= 0.3 is 0 Å². The van der Waals surface area contributed by atoms with Crippen LogP contribution in [0.15, 0.2) is 23.4 Å². The molecule has 2 atom stereocenters. The lowest BCUT2D eigenvalue weighted by molar-refractivity contribution is 0.333. The second kappa shape index (κ2) is 12.3. The third-order valence-electron chi connectivity index (χ3n) is 8.40. The van der Waals surface area contributed by atoms with E-state index in [9.17, 15) is 0 Å². The van der Waals surface area contributed by atoms with Gasteiger partial charge in [0.25, 0.3) is 0 Å². The Morgan fingerprint density at radius 2 is 1.20 bits per heavy atom. The number of allylic oxidation sites excluding steroid dienone is 2. The third kappa shape index (κ3) is 6.62. The molecule has 1 saturated heterocycles. The van der Waals surface area contributed by atoms with Crippen molar-refractivity contribution in [1.82, 2.24) is 10.6 Å². The Balaban J connectivity index is 1.54. The minimum absolute atomic E-state index is 0.557. The third-order valence-corrected chi connectivity index (χ3v) is 8.40. The van der Waals surface area contributed by atoms with Crippen LogP contribution in [0.2, 0.25) is 0 Å². The van der Waals surface area contributed by atoms with E-state index in [1.807, 2.05) is 0 Å². The van der Waals surface area contributed by atoms with Crippen LogP contribution in [0.3, 0.4) is 0 Å². The van der Waals surface area contributed by atoms with Crippen LogP contribution in [0.1, 0.15) is 122 Å². The average Bonchev–Trinajstić information content (AvgIpc) is 2.92. The van der Waals surface area contributed by atoms with Crippen LogP contribution in [0.25, 0.3) is 0 Å². The Labute approximate surface area is 186 Å². The van der Waals surface area contributed by atoms with Gasteiger partial charge in [0.05, 0.1) is 0 Å². The molecule has 2 nitrogen and oxygen atoms in total. The molecule has 0 amide bonds. The highest BCUT2D eigenvalue weighted by Crippen LogP contribution is 2.36. The molecule has 2 heteroatoms. The van der Waals surface area contributed by atoms with Gasteiger partial charge in [0.15, 0.2) is 0 Å².